The Kier molecular flexibility index (Phi) is 2.54. The first kappa shape index (κ1) is 9.52. The van der Waals surface area contributed by atoms with Gasteiger partial charge in [-0.25, -0.2) is 0 Å². The molecule has 0 fully saturated rings. The van der Waals surface area contributed by atoms with Gasteiger partial charge in [0.25, 0.3) is 0 Å². The normalized spacial score (nSPS) is 9.93. The lowest BCUT2D eigenvalue weighted by atomic mass is 10.1. The Labute approximate surface area is 88.0 Å². The van der Waals surface area contributed by atoms with Gasteiger partial charge in [0, 0.05) is 18.0 Å². The first-order chi connectivity index (χ1) is 7.33. The fourth-order valence-corrected chi connectivity index (χ4v) is 1.50. The van der Waals surface area contributed by atoms with E-state index in [-0.39, 0.29) is 5.75 Å². The van der Waals surface area contributed by atoms with Crippen LogP contribution in [-0.2, 0) is 0 Å². The third-order valence-electron chi connectivity index (χ3n) is 2.19. The molecule has 0 saturated carbocycles. The molecule has 2 aromatic rings. The van der Waals surface area contributed by atoms with E-state index in [9.17, 15) is 5.11 Å². The van der Waals surface area contributed by atoms with Crippen molar-refractivity contribution >= 4 is 0 Å². The number of phenolic OH excluding ortho intramolecular Hbond substituents is 1. The van der Waals surface area contributed by atoms with Crippen molar-refractivity contribution in [2.24, 2.45) is 0 Å². The van der Waals surface area contributed by atoms with Crippen LogP contribution >= 0.6 is 0 Å². The molecule has 76 valence electrons. The van der Waals surface area contributed by atoms with Gasteiger partial charge in [0.15, 0.2) is 11.5 Å². The molecule has 0 aliphatic carbocycles. The van der Waals surface area contributed by atoms with Crippen LogP contribution in [0.5, 0.6) is 11.5 Å². The van der Waals surface area contributed by atoms with Crippen molar-refractivity contribution in [3.63, 3.8) is 0 Å². The number of nitrogens with zero attached hydrogens (tertiary/aromatic N) is 1. The summed E-state index contributed by atoms with van der Waals surface area (Å²) in [6.45, 7) is 0. The maximum atomic E-state index is 9.61. The van der Waals surface area contributed by atoms with Crippen LogP contribution in [0.1, 0.15) is 0 Å². The second-order valence-corrected chi connectivity index (χ2v) is 3.09. The molecule has 0 unspecified atom stereocenters. The molecule has 3 nitrogen and oxygen atoms in total. The van der Waals surface area contributed by atoms with E-state index >= 15 is 0 Å². The SMILES string of the molecule is COc1c(O)cccc1-c1ccncc1. The highest BCUT2D eigenvalue weighted by Gasteiger charge is 2.08. The van der Waals surface area contributed by atoms with Crippen LogP contribution in [0.2, 0.25) is 0 Å². The maximum absolute atomic E-state index is 9.61. The molecule has 0 radical (unpaired) electrons. The Balaban J connectivity index is 2.58. The van der Waals surface area contributed by atoms with Crippen molar-refractivity contribution in [1.29, 1.82) is 0 Å². The van der Waals surface area contributed by atoms with Gasteiger partial charge in [0.05, 0.1) is 7.11 Å². The number of hydrogen-bond acceptors (Lipinski definition) is 3. The lowest BCUT2D eigenvalue weighted by Gasteiger charge is -2.09. The number of phenols is 1. The molecule has 2 rings (SSSR count). The highest BCUT2D eigenvalue weighted by molar-refractivity contribution is 5.73. The van der Waals surface area contributed by atoms with Crippen LogP contribution in [0, 0.1) is 0 Å². The third kappa shape index (κ3) is 1.76. The molecule has 0 aliphatic rings. The fraction of sp³-hybridized carbons (Fsp3) is 0.0833. The van der Waals surface area contributed by atoms with Gasteiger partial charge in [-0.2, -0.15) is 0 Å². The lowest BCUT2D eigenvalue weighted by molar-refractivity contribution is 0.375. The number of rotatable bonds is 2. The van der Waals surface area contributed by atoms with Gasteiger partial charge in [-0.05, 0) is 23.8 Å². The maximum Gasteiger partial charge on any atom is 0.168 e. The van der Waals surface area contributed by atoms with Crippen molar-refractivity contribution in [3.05, 3.63) is 42.7 Å². The van der Waals surface area contributed by atoms with Crippen molar-refractivity contribution in [1.82, 2.24) is 4.98 Å². The molecule has 0 aliphatic heterocycles. The zero-order valence-electron chi connectivity index (χ0n) is 8.34. The van der Waals surface area contributed by atoms with Gasteiger partial charge in [-0.3, -0.25) is 4.98 Å². The van der Waals surface area contributed by atoms with Crippen LogP contribution in [0.4, 0.5) is 0 Å². The molecule has 15 heavy (non-hydrogen) atoms. The predicted octanol–water partition coefficient (Wildman–Crippen LogP) is 2.46. The Morgan fingerprint density at radius 3 is 2.53 bits per heavy atom. The molecule has 0 spiro atoms. The van der Waals surface area contributed by atoms with Crippen LogP contribution in [0.15, 0.2) is 42.7 Å². The standard InChI is InChI=1S/C12H11NO2/c1-15-12-10(3-2-4-11(12)14)9-5-7-13-8-6-9/h2-8,14H,1H3. The molecule has 1 aromatic heterocycles. The summed E-state index contributed by atoms with van der Waals surface area (Å²) in [7, 11) is 1.54. The van der Waals surface area contributed by atoms with Crippen LogP contribution in [0.25, 0.3) is 11.1 Å². The van der Waals surface area contributed by atoms with Crippen LogP contribution in [-0.4, -0.2) is 17.2 Å². The highest BCUT2D eigenvalue weighted by atomic mass is 16.5. The molecule has 3 heteroatoms. The minimum Gasteiger partial charge on any atom is -0.504 e. The van der Waals surface area contributed by atoms with Gasteiger partial charge >= 0.3 is 0 Å². The number of benzene rings is 1. The molecule has 0 saturated heterocycles. The van der Waals surface area contributed by atoms with E-state index < -0.39 is 0 Å². The summed E-state index contributed by atoms with van der Waals surface area (Å²) in [6, 6.07) is 9.03. The average molecular weight is 201 g/mol. The average Bonchev–Trinajstić information content (AvgIpc) is 2.30. The Bertz CT molecular complexity index is 454. The molecule has 0 bridgehead atoms. The van der Waals surface area contributed by atoms with Gasteiger partial charge in [0.2, 0.25) is 0 Å². The minimum absolute atomic E-state index is 0.145. The second kappa shape index (κ2) is 4.00. The van der Waals surface area contributed by atoms with Gasteiger partial charge in [-0.1, -0.05) is 12.1 Å². The zero-order valence-corrected chi connectivity index (χ0v) is 8.34. The number of pyridine rings is 1. The molecule has 1 aromatic carbocycles. The summed E-state index contributed by atoms with van der Waals surface area (Å²) in [4.78, 5) is 3.95. The fourth-order valence-electron chi connectivity index (χ4n) is 1.50. The molecule has 0 amide bonds. The quantitative estimate of drug-likeness (QED) is 0.811. The van der Waals surface area contributed by atoms with E-state index in [1.807, 2.05) is 18.2 Å². The molecular weight excluding hydrogens is 190 g/mol. The van der Waals surface area contributed by atoms with Gasteiger partial charge in [-0.15, -0.1) is 0 Å². The minimum atomic E-state index is 0.145. The third-order valence-corrected chi connectivity index (χ3v) is 2.19. The van der Waals surface area contributed by atoms with Crippen molar-refractivity contribution < 1.29 is 9.84 Å². The van der Waals surface area contributed by atoms with E-state index in [1.165, 1.54) is 0 Å². The lowest BCUT2D eigenvalue weighted by Crippen LogP contribution is -1.88. The number of aromatic nitrogens is 1. The van der Waals surface area contributed by atoms with E-state index in [1.54, 1.807) is 31.6 Å². The van der Waals surface area contributed by atoms with Crippen molar-refractivity contribution in [2.75, 3.05) is 7.11 Å². The number of hydrogen-bond donors (Lipinski definition) is 1. The first-order valence-corrected chi connectivity index (χ1v) is 4.59. The number of methoxy groups -OCH3 is 1. The van der Waals surface area contributed by atoms with E-state index in [2.05, 4.69) is 4.98 Å². The van der Waals surface area contributed by atoms with Crippen molar-refractivity contribution in [3.8, 4) is 22.6 Å². The Morgan fingerprint density at radius 2 is 1.87 bits per heavy atom. The summed E-state index contributed by atoms with van der Waals surface area (Å²) in [5, 5.41) is 9.61. The van der Waals surface area contributed by atoms with E-state index in [0.717, 1.165) is 11.1 Å². The smallest absolute Gasteiger partial charge is 0.168 e. The van der Waals surface area contributed by atoms with E-state index in [4.69, 9.17) is 4.74 Å². The number of ether oxygens (including phenoxy) is 1. The van der Waals surface area contributed by atoms with Gasteiger partial charge in [0.1, 0.15) is 0 Å². The second-order valence-electron chi connectivity index (χ2n) is 3.09. The van der Waals surface area contributed by atoms with Crippen LogP contribution < -0.4 is 4.74 Å². The zero-order chi connectivity index (χ0) is 10.7. The Hall–Kier alpha value is -2.03. The van der Waals surface area contributed by atoms with Crippen molar-refractivity contribution in [2.45, 2.75) is 0 Å². The molecule has 1 heterocycles. The van der Waals surface area contributed by atoms with E-state index in [0.29, 0.717) is 5.75 Å². The number of para-hydroxylation sites is 1. The topological polar surface area (TPSA) is 42.4 Å². The molecule has 0 atom stereocenters. The van der Waals surface area contributed by atoms with Gasteiger partial charge < -0.3 is 9.84 Å². The predicted molar refractivity (Wildman–Crippen MR) is 57.9 cm³/mol. The summed E-state index contributed by atoms with van der Waals surface area (Å²) < 4.78 is 5.16. The van der Waals surface area contributed by atoms with Crippen LogP contribution in [0.3, 0.4) is 0 Å². The monoisotopic (exact) mass is 201 g/mol. The first-order valence-electron chi connectivity index (χ1n) is 4.59. The largest absolute Gasteiger partial charge is 0.504 e. The number of aromatic hydroxyl groups is 1. The highest BCUT2D eigenvalue weighted by Crippen LogP contribution is 2.36. The summed E-state index contributed by atoms with van der Waals surface area (Å²) >= 11 is 0. The molecular formula is C12H11NO2. The molecule has 1 N–H and O–H groups in total. The summed E-state index contributed by atoms with van der Waals surface area (Å²) in [6.07, 6.45) is 3.41. The summed E-state index contributed by atoms with van der Waals surface area (Å²) in [5.74, 6) is 0.635. The Morgan fingerprint density at radius 1 is 1.13 bits per heavy atom. The summed E-state index contributed by atoms with van der Waals surface area (Å²) in [5.41, 5.74) is 1.83.